The zero-order valence-corrected chi connectivity index (χ0v) is 9.74. The van der Waals surface area contributed by atoms with Crippen molar-refractivity contribution in [2.24, 2.45) is 0 Å². The molecular formula is C8H16ClNO3S. The van der Waals surface area contributed by atoms with E-state index in [4.69, 9.17) is 11.8 Å². The fourth-order valence-corrected chi connectivity index (χ4v) is 3.20. The lowest BCUT2D eigenvalue weighted by Gasteiger charge is -2.34. The Labute approximate surface area is 89.7 Å². The topological polar surface area (TPSA) is 66.4 Å². The first kappa shape index (κ1) is 12.2. The summed E-state index contributed by atoms with van der Waals surface area (Å²) in [6.07, 6.45) is 3.28. The van der Waals surface area contributed by atoms with Crippen molar-refractivity contribution in [3.8, 4) is 0 Å². The molecule has 1 aliphatic rings. The van der Waals surface area contributed by atoms with Crippen LogP contribution in [0.3, 0.4) is 0 Å². The van der Waals surface area contributed by atoms with Crippen LogP contribution in [-0.4, -0.2) is 37.2 Å². The highest BCUT2D eigenvalue weighted by Gasteiger charge is 2.36. The van der Waals surface area contributed by atoms with Gasteiger partial charge in [-0.25, -0.2) is 13.3 Å². The first-order chi connectivity index (χ1) is 6.37. The zero-order chi connectivity index (χ0) is 10.8. The summed E-state index contributed by atoms with van der Waals surface area (Å²) < 4.78 is 22.5. The van der Waals surface area contributed by atoms with E-state index in [1.165, 1.54) is 6.26 Å². The van der Waals surface area contributed by atoms with E-state index in [1.54, 1.807) is 0 Å². The van der Waals surface area contributed by atoms with Gasteiger partial charge in [0.2, 0.25) is 0 Å². The standard InChI is InChI=1S/C8H16ClNO3S/c1-14(12,13)7-2-4-8(11,5-3-7)6-10-9/h7,10-11H,2-6H2,1H3/t7-,8-. The van der Waals surface area contributed by atoms with E-state index < -0.39 is 15.4 Å². The summed E-state index contributed by atoms with van der Waals surface area (Å²) in [6.45, 7) is 0.311. The van der Waals surface area contributed by atoms with Crippen molar-refractivity contribution in [2.45, 2.75) is 36.5 Å². The summed E-state index contributed by atoms with van der Waals surface area (Å²) >= 11 is 5.32. The van der Waals surface area contributed by atoms with Crippen molar-refractivity contribution in [3.05, 3.63) is 0 Å². The van der Waals surface area contributed by atoms with Crippen LogP contribution >= 0.6 is 11.8 Å². The molecule has 0 aromatic rings. The number of halogens is 1. The van der Waals surface area contributed by atoms with Crippen molar-refractivity contribution >= 4 is 21.6 Å². The average Bonchev–Trinajstić information content (AvgIpc) is 2.03. The molecule has 0 radical (unpaired) electrons. The van der Waals surface area contributed by atoms with Gasteiger partial charge in [-0.05, 0) is 37.5 Å². The third-order valence-corrected chi connectivity index (χ3v) is 4.68. The van der Waals surface area contributed by atoms with Gasteiger partial charge >= 0.3 is 0 Å². The van der Waals surface area contributed by atoms with Crippen LogP contribution in [0.4, 0.5) is 0 Å². The van der Waals surface area contributed by atoms with Gasteiger partial charge in [0.1, 0.15) is 9.84 Å². The number of sulfone groups is 1. The van der Waals surface area contributed by atoms with Crippen molar-refractivity contribution in [1.82, 2.24) is 4.84 Å². The molecule has 0 amide bonds. The molecule has 0 atom stereocenters. The quantitative estimate of drug-likeness (QED) is 0.704. The van der Waals surface area contributed by atoms with Crippen LogP contribution in [-0.2, 0) is 9.84 Å². The maximum absolute atomic E-state index is 11.2. The maximum atomic E-state index is 11.2. The Balaban J connectivity index is 2.54. The van der Waals surface area contributed by atoms with E-state index in [-0.39, 0.29) is 5.25 Å². The Morgan fingerprint density at radius 1 is 1.50 bits per heavy atom. The lowest BCUT2D eigenvalue weighted by molar-refractivity contribution is 0.0105. The maximum Gasteiger partial charge on any atom is 0.150 e. The van der Waals surface area contributed by atoms with E-state index in [0.29, 0.717) is 32.2 Å². The lowest BCUT2D eigenvalue weighted by Crippen LogP contribution is -2.43. The van der Waals surface area contributed by atoms with Crippen LogP contribution in [0.15, 0.2) is 0 Å². The first-order valence-corrected chi connectivity index (χ1v) is 6.95. The predicted octanol–water partition coefficient (Wildman–Crippen LogP) is 0.448. The minimum atomic E-state index is -2.96. The van der Waals surface area contributed by atoms with Gasteiger partial charge in [-0.3, -0.25) is 0 Å². The average molecular weight is 242 g/mol. The summed E-state index contributed by atoms with van der Waals surface area (Å²) in [5.41, 5.74) is -0.830. The summed E-state index contributed by atoms with van der Waals surface area (Å²) in [5.74, 6) is 0. The molecule has 0 spiro atoms. The van der Waals surface area contributed by atoms with Gasteiger partial charge < -0.3 is 5.11 Å². The second kappa shape index (κ2) is 4.35. The molecule has 0 aromatic heterocycles. The molecular weight excluding hydrogens is 226 g/mol. The Bertz CT molecular complexity index is 283. The third-order valence-electron chi connectivity index (χ3n) is 2.86. The highest BCUT2D eigenvalue weighted by Crippen LogP contribution is 2.31. The number of hydrogen-bond donors (Lipinski definition) is 2. The van der Waals surface area contributed by atoms with Crippen molar-refractivity contribution in [1.29, 1.82) is 0 Å². The van der Waals surface area contributed by atoms with Crippen LogP contribution < -0.4 is 4.84 Å². The van der Waals surface area contributed by atoms with Gasteiger partial charge in [-0.2, -0.15) is 0 Å². The molecule has 0 aromatic carbocycles. The minimum absolute atomic E-state index is 0.293. The Morgan fingerprint density at radius 2 is 2.00 bits per heavy atom. The Hall–Kier alpha value is 0.160. The van der Waals surface area contributed by atoms with Gasteiger partial charge in [0, 0.05) is 12.8 Å². The van der Waals surface area contributed by atoms with Crippen molar-refractivity contribution in [2.75, 3.05) is 12.8 Å². The third kappa shape index (κ3) is 3.08. The summed E-state index contributed by atoms with van der Waals surface area (Å²) in [7, 11) is -2.96. The van der Waals surface area contributed by atoms with E-state index >= 15 is 0 Å². The number of nitrogens with one attached hydrogen (secondary N) is 1. The second-order valence-electron chi connectivity index (χ2n) is 4.06. The molecule has 0 bridgehead atoms. The normalized spacial score (nSPS) is 34.4. The monoisotopic (exact) mass is 241 g/mol. The van der Waals surface area contributed by atoms with Crippen LogP contribution in [0.5, 0.6) is 0 Å². The number of hydrogen-bond acceptors (Lipinski definition) is 4. The van der Waals surface area contributed by atoms with Gasteiger partial charge in [0.05, 0.1) is 10.9 Å². The van der Waals surface area contributed by atoms with Crippen molar-refractivity contribution in [3.63, 3.8) is 0 Å². The van der Waals surface area contributed by atoms with Crippen LogP contribution in [0.1, 0.15) is 25.7 Å². The van der Waals surface area contributed by atoms with Crippen LogP contribution in [0.2, 0.25) is 0 Å². The SMILES string of the molecule is CS(=O)(=O)[C@H]1CC[C@@](O)(CNCl)CC1. The molecule has 1 rings (SSSR count). The summed E-state index contributed by atoms with van der Waals surface area (Å²) in [6, 6.07) is 0. The van der Waals surface area contributed by atoms with E-state index in [1.807, 2.05) is 0 Å². The van der Waals surface area contributed by atoms with Gasteiger partial charge in [-0.1, -0.05) is 0 Å². The Morgan fingerprint density at radius 3 is 2.36 bits per heavy atom. The molecule has 1 saturated carbocycles. The molecule has 0 saturated heterocycles. The molecule has 1 fully saturated rings. The summed E-state index contributed by atoms with van der Waals surface area (Å²) in [5, 5.41) is 9.62. The fourth-order valence-electron chi connectivity index (χ4n) is 1.86. The molecule has 1 aliphatic carbocycles. The molecule has 6 heteroatoms. The van der Waals surface area contributed by atoms with Gasteiger partial charge in [-0.15, -0.1) is 0 Å². The highest BCUT2D eigenvalue weighted by atomic mass is 35.5. The summed E-state index contributed by atoms with van der Waals surface area (Å²) in [4.78, 5) is 2.40. The van der Waals surface area contributed by atoms with Gasteiger partial charge in [0.15, 0.2) is 0 Å². The molecule has 14 heavy (non-hydrogen) atoms. The fraction of sp³-hybridized carbons (Fsp3) is 1.00. The largest absolute Gasteiger partial charge is 0.389 e. The van der Waals surface area contributed by atoms with E-state index in [9.17, 15) is 13.5 Å². The lowest BCUT2D eigenvalue weighted by atomic mass is 9.85. The molecule has 0 unspecified atom stereocenters. The molecule has 0 heterocycles. The van der Waals surface area contributed by atoms with Crippen molar-refractivity contribution < 1.29 is 13.5 Å². The molecule has 84 valence electrons. The Kier molecular flexibility index (Phi) is 3.80. The number of rotatable bonds is 3. The molecule has 2 N–H and O–H groups in total. The predicted molar refractivity (Wildman–Crippen MR) is 55.9 cm³/mol. The zero-order valence-electron chi connectivity index (χ0n) is 8.16. The highest BCUT2D eigenvalue weighted by molar-refractivity contribution is 7.91. The molecule has 4 nitrogen and oxygen atoms in total. The van der Waals surface area contributed by atoms with Crippen LogP contribution in [0, 0.1) is 0 Å². The molecule has 0 aliphatic heterocycles. The van der Waals surface area contributed by atoms with E-state index in [2.05, 4.69) is 4.84 Å². The second-order valence-corrected chi connectivity index (χ2v) is 6.66. The van der Waals surface area contributed by atoms with Crippen LogP contribution in [0.25, 0.3) is 0 Å². The van der Waals surface area contributed by atoms with Gasteiger partial charge in [0.25, 0.3) is 0 Å². The van der Waals surface area contributed by atoms with E-state index in [0.717, 1.165) is 0 Å². The number of aliphatic hydroxyl groups is 1. The minimum Gasteiger partial charge on any atom is -0.389 e. The first-order valence-electron chi connectivity index (χ1n) is 4.62. The smallest absolute Gasteiger partial charge is 0.150 e.